The van der Waals surface area contributed by atoms with Crippen molar-refractivity contribution in [2.75, 3.05) is 87.0 Å². The fraction of sp³-hybridized carbons (Fsp3) is 0.346. The average molecular weight is 1010 g/mol. The largest absolute Gasteiger partial charge is 0.491 e. The first-order valence-corrected chi connectivity index (χ1v) is 24.5. The molecule has 19 heteroatoms. The van der Waals surface area contributed by atoms with Crippen LogP contribution in [0.3, 0.4) is 0 Å². The molecule has 0 unspecified atom stereocenters. The summed E-state index contributed by atoms with van der Waals surface area (Å²) in [4.78, 5) is 47.3. The maximum atomic E-state index is 13.6. The lowest BCUT2D eigenvalue weighted by Gasteiger charge is -2.25. The highest BCUT2D eigenvalue weighted by Crippen LogP contribution is 2.38. The molecule has 0 radical (unpaired) electrons. The summed E-state index contributed by atoms with van der Waals surface area (Å²) < 4.78 is 44.6. The standard InChI is InChI=1S/C26H27ClFN5O3.C26H29ClFN5O2/c27-20-12-18(5-6-21(20)28)31-26-19-13-23(32-25(34)2-1-7-33-8-10-35-11-9-33)24(36-15-17-3-4-17)14-22(19)29-16-30-26;1-3-33(4-2)11-5-6-25(34)32-23-13-19-22(14-24(23)35-15-17-7-8-17)29-16-30-26(19)31-18-9-10-21(28)20(27)12-18/h1-2,5-6,12-14,16-17H,3-4,7-11,15H2,(H,32,34)(H,29,30,31);5-6,9-10,12-14,16-17H,3-4,7-8,11,15H2,1-2H3,(H,32,34)(H,29,30,31)/b2-1+;6-5+. The number of anilines is 6. The number of aromatic nitrogens is 4. The van der Waals surface area contributed by atoms with Crippen LogP contribution in [-0.2, 0) is 14.3 Å². The summed E-state index contributed by atoms with van der Waals surface area (Å²) in [6.07, 6.45) is 14.2. The number of carbonyl (C=O) groups is 2. The minimum Gasteiger partial charge on any atom is -0.491 e. The van der Waals surface area contributed by atoms with Gasteiger partial charge in [-0.25, -0.2) is 28.7 Å². The number of halogens is 4. The highest BCUT2D eigenvalue weighted by molar-refractivity contribution is 6.31. The molecule has 3 aliphatic rings. The third-order valence-electron chi connectivity index (χ3n) is 12.0. The highest BCUT2D eigenvalue weighted by atomic mass is 35.5. The van der Waals surface area contributed by atoms with Crippen molar-refractivity contribution in [3.05, 3.63) is 119 Å². The predicted molar refractivity (Wildman–Crippen MR) is 275 cm³/mol. The molecular weight excluding hydrogens is 954 g/mol. The monoisotopic (exact) mass is 1010 g/mol. The Bertz CT molecular complexity index is 2890. The van der Waals surface area contributed by atoms with Crippen LogP contribution in [0.4, 0.5) is 43.2 Å². The van der Waals surface area contributed by atoms with E-state index in [0.29, 0.717) is 119 Å². The van der Waals surface area contributed by atoms with Gasteiger partial charge in [-0.05, 0) is 99.1 Å². The summed E-state index contributed by atoms with van der Waals surface area (Å²) >= 11 is 11.9. The second kappa shape index (κ2) is 24.6. The normalized spacial score (nSPS) is 15.0. The molecule has 1 aliphatic heterocycles. The van der Waals surface area contributed by atoms with E-state index in [2.05, 4.69) is 64.9 Å². The van der Waals surface area contributed by atoms with Gasteiger partial charge < -0.3 is 40.4 Å². The molecule has 71 heavy (non-hydrogen) atoms. The molecule has 3 fully saturated rings. The van der Waals surface area contributed by atoms with Crippen LogP contribution in [0, 0.1) is 23.5 Å². The summed E-state index contributed by atoms with van der Waals surface area (Å²) in [5.41, 5.74) is 3.51. The molecule has 0 bridgehead atoms. The van der Waals surface area contributed by atoms with Gasteiger partial charge >= 0.3 is 0 Å². The highest BCUT2D eigenvalue weighted by Gasteiger charge is 2.24. The van der Waals surface area contributed by atoms with E-state index in [4.69, 9.17) is 37.4 Å². The van der Waals surface area contributed by atoms with Crippen LogP contribution in [0.5, 0.6) is 11.5 Å². The summed E-state index contributed by atoms with van der Waals surface area (Å²) in [5.74, 6) is 1.70. The van der Waals surface area contributed by atoms with E-state index in [-0.39, 0.29) is 21.9 Å². The molecule has 4 N–H and O–H groups in total. The van der Waals surface area contributed by atoms with Crippen LogP contribution in [0.15, 0.2) is 97.6 Å². The molecule has 4 aromatic carbocycles. The smallest absolute Gasteiger partial charge is 0.248 e. The topological polar surface area (TPSA) is 168 Å². The predicted octanol–water partition coefficient (Wildman–Crippen LogP) is 10.6. The Labute approximate surface area is 421 Å². The van der Waals surface area contributed by atoms with Gasteiger partial charge in [0.1, 0.15) is 47.4 Å². The second-order valence-electron chi connectivity index (χ2n) is 17.4. The van der Waals surface area contributed by atoms with Crippen LogP contribution >= 0.6 is 23.2 Å². The number of likely N-dealkylation sites (N-methyl/N-ethyl adjacent to an activating group) is 1. The van der Waals surface area contributed by atoms with E-state index in [1.165, 1.54) is 49.1 Å². The first-order valence-electron chi connectivity index (χ1n) is 23.8. The molecule has 9 rings (SSSR count). The lowest BCUT2D eigenvalue weighted by molar-refractivity contribution is -0.112. The Morgan fingerprint density at radius 2 is 1.18 bits per heavy atom. The van der Waals surface area contributed by atoms with E-state index >= 15 is 0 Å². The molecule has 372 valence electrons. The summed E-state index contributed by atoms with van der Waals surface area (Å²) in [6, 6.07) is 15.9. The number of benzene rings is 4. The van der Waals surface area contributed by atoms with Gasteiger partial charge in [0.2, 0.25) is 11.8 Å². The number of ether oxygens (including phenoxy) is 3. The molecule has 6 aromatic rings. The third-order valence-corrected chi connectivity index (χ3v) is 12.5. The van der Waals surface area contributed by atoms with Crippen molar-refractivity contribution in [2.45, 2.75) is 39.5 Å². The van der Waals surface area contributed by atoms with Crippen molar-refractivity contribution in [3.63, 3.8) is 0 Å². The van der Waals surface area contributed by atoms with E-state index in [0.717, 1.165) is 51.9 Å². The van der Waals surface area contributed by atoms with E-state index in [1.54, 1.807) is 36.4 Å². The number of fused-ring (bicyclic) bond motifs is 2. The number of morpholine rings is 1. The van der Waals surface area contributed by atoms with Gasteiger partial charge in [0, 0.05) is 72.6 Å². The number of rotatable bonds is 20. The second-order valence-corrected chi connectivity index (χ2v) is 18.2. The van der Waals surface area contributed by atoms with Gasteiger partial charge in [-0.15, -0.1) is 0 Å². The molecule has 3 heterocycles. The SMILES string of the molecule is CCN(CC)C/C=C/C(=O)Nc1cc2c(Nc3ccc(F)c(Cl)c3)ncnc2cc1OCC1CC1.O=C(/C=C/CN1CCOCC1)Nc1cc2c(Nc3ccc(F)c(Cl)c3)ncnc2cc1OCC1CC1. The van der Waals surface area contributed by atoms with Crippen molar-refractivity contribution in [1.82, 2.24) is 29.7 Å². The molecular formula is C52H56Cl2F2N10O5. The van der Waals surface area contributed by atoms with Crippen LogP contribution in [0.1, 0.15) is 39.5 Å². The molecule has 2 saturated carbocycles. The number of amides is 2. The number of hydrogen-bond donors (Lipinski definition) is 4. The first kappa shape index (κ1) is 50.9. The zero-order chi connectivity index (χ0) is 49.7. The van der Waals surface area contributed by atoms with Crippen LogP contribution < -0.4 is 30.7 Å². The van der Waals surface area contributed by atoms with Crippen molar-refractivity contribution in [2.24, 2.45) is 11.8 Å². The van der Waals surface area contributed by atoms with E-state index < -0.39 is 11.6 Å². The molecule has 15 nitrogen and oxygen atoms in total. The molecule has 1 saturated heterocycles. The fourth-order valence-electron chi connectivity index (χ4n) is 7.44. The van der Waals surface area contributed by atoms with Crippen LogP contribution in [-0.4, -0.2) is 107 Å². The Hall–Kier alpha value is -6.50. The Balaban J connectivity index is 0.000000191. The summed E-state index contributed by atoms with van der Waals surface area (Å²) in [7, 11) is 0. The van der Waals surface area contributed by atoms with Gasteiger partial charge in [-0.1, -0.05) is 49.2 Å². The lowest BCUT2D eigenvalue weighted by Crippen LogP contribution is -2.36. The van der Waals surface area contributed by atoms with Gasteiger partial charge in [-0.3, -0.25) is 14.5 Å². The third kappa shape index (κ3) is 14.8. The molecule has 2 aromatic heterocycles. The van der Waals surface area contributed by atoms with Crippen molar-refractivity contribution < 1.29 is 32.6 Å². The van der Waals surface area contributed by atoms with Gasteiger partial charge in [-0.2, -0.15) is 0 Å². The summed E-state index contributed by atoms with van der Waals surface area (Å²) in [5, 5.41) is 13.6. The maximum absolute atomic E-state index is 13.6. The fourth-order valence-corrected chi connectivity index (χ4v) is 7.80. The quantitative estimate of drug-likeness (QED) is 0.0534. The minimum atomic E-state index is -0.501. The number of nitrogens with one attached hydrogen (secondary N) is 4. The zero-order valence-electron chi connectivity index (χ0n) is 39.5. The van der Waals surface area contributed by atoms with Crippen LogP contribution in [0.2, 0.25) is 10.0 Å². The zero-order valence-corrected chi connectivity index (χ0v) is 41.0. The molecule has 2 amide bonds. The Morgan fingerprint density at radius 3 is 1.63 bits per heavy atom. The van der Waals surface area contributed by atoms with Crippen LogP contribution in [0.25, 0.3) is 21.8 Å². The number of hydrogen-bond acceptors (Lipinski definition) is 13. The number of carbonyl (C=O) groups excluding carboxylic acids is 2. The van der Waals surface area contributed by atoms with Crippen molar-refractivity contribution in [3.8, 4) is 11.5 Å². The van der Waals surface area contributed by atoms with Crippen molar-refractivity contribution in [1.29, 1.82) is 0 Å². The minimum absolute atomic E-state index is 0.00550. The number of nitrogens with zero attached hydrogens (tertiary/aromatic N) is 6. The molecule has 0 atom stereocenters. The van der Waals surface area contributed by atoms with Crippen molar-refractivity contribution >= 4 is 91.2 Å². The molecule has 2 aliphatic carbocycles. The molecule has 0 spiro atoms. The van der Waals surface area contributed by atoms with Gasteiger partial charge in [0.25, 0.3) is 0 Å². The first-order chi connectivity index (χ1) is 34.5. The Morgan fingerprint density at radius 1 is 0.704 bits per heavy atom. The Kier molecular flexibility index (Phi) is 17.6. The van der Waals surface area contributed by atoms with E-state index in [9.17, 15) is 18.4 Å². The van der Waals surface area contributed by atoms with Gasteiger partial charge in [0.15, 0.2) is 0 Å². The maximum Gasteiger partial charge on any atom is 0.248 e. The summed E-state index contributed by atoms with van der Waals surface area (Å²) in [6.45, 7) is 11.7. The van der Waals surface area contributed by atoms with E-state index in [1.807, 2.05) is 12.2 Å². The lowest BCUT2D eigenvalue weighted by atomic mass is 10.1. The average Bonchev–Trinajstić information content (AvgIpc) is 4.32. The van der Waals surface area contributed by atoms with Gasteiger partial charge in [0.05, 0.1) is 58.9 Å².